The predicted octanol–water partition coefficient (Wildman–Crippen LogP) is 4.79. The predicted molar refractivity (Wildman–Crippen MR) is 115 cm³/mol. The van der Waals surface area contributed by atoms with Gasteiger partial charge in [0, 0.05) is 12.1 Å². The second-order valence-electron chi connectivity index (χ2n) is 6.83. The summed E-state index contributed by atoms with van der Waals surface area (Å²) in [5.41, 5.74) is 1.36. The zero-order chi connectivity index (χ0) is 21.2. The van der Waals surface area contributed by atoms with E-state index in [-0.39, 0.29) is 5.91 Å². The van der Waals surface area contributed by atoms with E-state index >= 15 is 0 Å². The Morgan fingerprint density at radius 2 is 1.69 bits per heavy atom. The number of ether oxygens (including phenoxy) is 4. The van der Waals surface area contributed by atoms with Crippen LogP contribution in [0, 0.1) is 5.92 Å². The van der Waals surface area contributed by atoms with Crippen molar-refractivity contribution in [3.05, 3.63) is 48.0 Å². The number of benzene rings is 2. The van der Waals surface area contributed by atoms with Crippen molar-refractivity contribution >= 4 is 17.7 Å². The molecule has 0 radical (unpaired) electrons. The SMILES string of the molecule is COc1ccc(OC)c(NC(=O)/C=C/c2ccc(OCCC(C)C)c(OC)c2)c1. The molecule has 0 heterocycles. The van der Waals surface area contributed by atoms with Gasteiger partial charge < -0.3 is 24.3 Å². The Hall–Kier alpha value is -3.15. The van der Waals surface area contributed by atoms with Crippen molar-refractivity contribution in [2.24, 2.45) is 5.92 Å². The first kappa shape index (κ1) is 22.1. The summed E-state index contributed by atoms with van der Waals surface area (Å²) in [6, 6.07) is 10.8. The molecule has 156 valence electrons. The van der Waals surface area contributed by atoms with E-state index in [1.165, 1.54) is 6.08 Å². The molecule has 2 aromatic rings. The molecule has 6 heteroatoms. The Labute approximate surface area is 172 Å². The van der Waals surface area contributed by atoms with Gasteiger partial charge in [0.05, 0.1) is 33.6 Å². The second-order valence-corrected chi connectivity index (χ2v) is 6.83. The van der Waals surface area contributed by atoms with Gasteiger partial charge in [-0.2, -0.15) is 0 Å². The number of rotatable bonds is 10. The molecule has 29 heavy (non-hydrogen) atoms. The lowest BCUT2D eigenvalue weighted by molar-refractivity contribution is -0.111. The maximum Gasteiger partial charge on any atom is 0.248 e. The van der Waals surface area contributed by atoms with E-state index in [4.69, 9.17) is 18.9 Å². The fourth-order valence-electron chi connectivity index (χ4n) is 2.57. The average molecular weight is 399 g/mol. The van der Waals surface area contributed by atoms with Crippen LogP contribution in [0.2, 0.25) is 0 Å². The highest BCUT2D eigenvalue weighted by atomic mass is 16.5. The summed E-state index contributed by atoms with van der Waals surface area (Å²) >= 11 is 0. The van der Waals surface area contributed by atoms with Crippen LogP contribution in [-0.2, 0) is 4.79 Å². The average Bonchev–Trinajstić information content (AvgIpc) is 2.72. The lowest BCUT2D eigenvalue weighted by Gasteiger charge is -2.12. The van der Waals surface area contributed by atoms with Gasteiger partial charge in [-0.25, -0.2) is 0 Å². The minimum Gasteiger partial charge on any atom is -0.497 e. The summed E-state index contributed by atoms with van der Waals surface area (Å²) in [7, 11) is 4.71. The fourth-order valence-corrected chi connectivity index (χ4v) is 2.57. The van der Waals surface area contributed by atoms with Crippen molar-refractivity contribution in [3.63, 3.8) is 0 Å². The number of nitrogens with one attached hydrogen (secondary N) is 1. The first-order valence-corrected chi connectivity index (χ1v) is 9.48. The Balaban J connectivity index is 2.06. The standard InChI is InChI=1S/C23H29NO5/c1-16(2)12-13-29-21-9-6-17(14-22(21)28-5)7-11-23(25)24-19-15-18(26-3)8-10-20(19)27-4/h6-11,14-16H,12-13H2,1-5H3,(H,24,25)/b11-7+. The Morgan fingerprint density at radius 1 is 0.966 bits per heavy atom. The lowest BCUT2D eigenvalue weighted by Crippen LogP contribution is -2.09. The van der Waals surface area contributed by atoms with Crippen LogP contribution in [-0.4, -0.2) is 33.8 Å². The number of hydrogen-bond donors (Lipinski definition) is 1. The molecule has 0 saturated carbocycles. The molecule has 0 aliphatic carbocycles. The summed E-state index contributed by atoms with van der Waals surface area (Å²) in [5, 5.41) is 2.80. The smallest absolute Gasteiger partial charge is 0.248 e. The van der Waals surface area contributed by atoms with Gasteiger partial charge in [0.15, 0.2) is 11.5 Å². The van der Waals surface area contributed by atoms with E-state index in [1.54, 1.807) is 45.6 Å². The highest BCUT2D eigenvalue weighted by Crippen LogP contribution is 2.30. The number of carbonyl (C=O) groups excluding carboxylic acids is 1. The molecule has 1 N–H and O–H groups in total. The molecule has 0 aromatic heterocycles. The molecule has 6 nitrogen and oxygen atoms in total. The van der Waals surface area contributed by atoms with Crippen molar-refractivity contribution in [1.29, 1.82) is 0 Å². The Morgan fingerprint density at radius 3 is 2.34 bits per heavy atom. The van der Waals surface area contributed by atoms with Gasteiger partial charge in [-0.1, -0.05) is 19.9 Å². The maximum atomic E-state index is 12.3. The van der Waals surface area contributed by atoms with Gasteiger partial charge in [0.25, 0.3) is 0 Å². The number of carbonyl (C=O) groups is 1. The quantitative estimate of drug-likeness (QED) is 0.582. The number of hydrogen-bond acceptors (Lipinski definition) is 5. The van der Waals surface area contributed by atoms with Crippen LogP contribution in [0.1, 0.15) is 25.8 Å². The monoisotopic (exact) mass is 399 g/mol. The summed E-state index contributed by atoms with van der Waals surface area (Å²) in [5.74, 6) is 2.79. The molecule has 1 amide bonds. The zero-order valence-electron chi connectivity index (χ0n) is 17.7. The van der Waals surface area contributed by atoms with Gasteiger partial charge >= 0.3 is 0 Å². The van der Waals surface area contributed by atoms with Gasteiger partial charge in [0.1, 0.15) is 11.5 Å². The minimum absolute atomic E-state index is 0.284. The lowest BCUT2D eigenvalue weighted by atomic mass is 10.1. The number of amides is 1. The summed E-state index contributed by atoms with van der Waals surface area (Å²) in [4.78, 5) is 12.3. The van der Waals surface area contributed by atoms with E-state index in [9.17, 15) is 4.79 Å². The molecule has 0 bridgehead atoms. The Bertz CT molecular complexity index is 845. The van der Waals surface area contributed by atoms with Gasteiger partial charge in [-0.05, 0) is 48.2 Å². The molecule has 0 spiro atoms. The summed E-state index contributed by atoms with van der Waals surface area (Å²) in [6.07, 6.45) is 4.13. The third kappa shape index (κ3) is 6.75. The first-order valence-electron chi connectivity index (χ1n) is 9.48. The first-order chi connectivity index (χ1) is 14.0. The van der Waals surface area contributed by atoms with Crippen LogP contribution >= 0.6 is 0 Å². The molecule has 0 fully saturated rings. The molecule has 2 rings (SSSR count). The van der Waals surface area contributed by atoms with Crippen LogP contribution < -0.4 is 24.3 Å². The Kier molecular flexibility index (Phi) is 8.40. The van der Waals surface area contributed by atoms with Gasteiger partial charge in [0.2, 0.25) is 5.91 Å². The van der Waals surface area contributed by atoms with E-state index in [0.717, 1.165) is 12.0 Å². The van der Waals surface area contributed by atoms with E-state index in [2.05, 4.69) is 19.2 Å². The fraction of sp³-hybridized carbons (Fsp3) is 0.348. The van der Waals surface area contributed by atoms with E-state index in [1.807, 2.05) is 18.2 Å². The maximum absolute atomic E-state index is 12.3. The molecule has 2 aromatic carbocycles. The molecule has 0 aliphatic heterocycles. The van der Waals surface area contributed by atoms with Crippen molar-refractivity contribution in [1.82, 2.24) is 0 Å². The van der Waals surface area contributed by atoms with E-state index < -0.39 is 0 Å². The van der Waals surface area contributed by atoms with Crippen LogP contribution in [0.3, 0.4) is 0 Å². The zero-order valence-corrected chi connectivity index (χ0v) is 17.7. The minimum atomic E-state index is -0.284. The molecule has 0 atom stereocenters. The van der Waals surface area contributed by atoms with Crippen LogP contribution in [0.4, 0.5) is 5.69 Å². The molecular weight excluding hydrogens is 370 g/mol. The van der Waals surface area contributed by atoms with Crippen molar-refractivity contribution in [3.8, 4) is 23.0 Å². The number of anilines is 1. The van der Waals surface area contributed by atoms with Crippen molar-refractivity contribution in [2.75, 3.05) is 33.3 Å². The number of methoxy groups -OCH3 is 3. The molecule has 0 saturated heterocycles. The normalized spacial score (nSPS) is 10.8. The van der Waals surface area contributed by atoms with Crippen molar-refractivity contribution < 1.29 is 23.7 Å². The third-order valence-corrected chi connectivity index (χ3v) is 4.23. The van der Waals surface area contributed by atoms with Gasteiger partial charge in [-0.15, -0.1) is 0 Å². The summed E-state index contributed by atoms with van der Waals surface area (Å²) < 4.78 is 21.7. The van der Waals surface area contributed by atoms with Crippen LogP contribution in [0.5, 0.6) is 23.0 Å². The highest BCUT2D eigenvalue weighted by Gasteiger charge is 2.08. The molecular formula is C23H29NO5. The van der Waals surface area contributed by atoms with Crippen LogP contribution in [0.25, 0.3) is 6.08 Å². The topological polar surface area (TPSA) is 66.0 Å². The largest absolute Gasteiger partial charge is 0.497 e. The highest BCUT2D eigenvalue weighted by molar-refractivity contribution is 6.02. The third-order valence-electron chi connectivity index (χ3n) is 4.23. The van der Waals surface area contributed by atoms with Crippen LogP contribution in [0.15, 0.2) is 42.5 Å². The molecule has 0 aliphatic rings. The van der Waals surface area contributed by atoms with Crippen molar-refractivity contribution in [2.45, 2.75) is 20.3 Å². The van der Waals surface area contributed by atoms with E-state index in [0.29, 0.717) is 41.2 Å². The van der Waals surface area contributed by atoms with Gasteiger partial charge in [-0.3, -0.25) is 4.79 Å². The second kappa shape index (κ2) is 11.0. The summed E-state index contributed by atoms with van der Waals surface area (Å²) in [6.45, 7) is 4.94. The molecule has 0 unspecified atom stereocenters.